The number of fused-ring (bicyclic) bond motifs is 1. The second-order valence-electron chi connectivity index (χ2n) is 5.94. The molecular weight excluding hydrogens is 198 g/mol. The minimum atomic E-state index is -0.271. The highest BCUT2D eigenvalue weighted by molar-refractivity contribution is 5.56. The number of hydrogen-bond acceptors (Lipinski definition) is 2. The first kappa shape index (κ1) is 11.5. The summed E-state index contributed by atoms with van der Waals surface area (Å²) in [6.07, 6.45) is 1.50. The van der Waals surface area contributed by atoms with Crippen molar-refractivity contribution in [3.05, 3.63) is 29.8 Å². The molecule has 0 fully saturated rings. The van der Waals surface area contributed by atoms with E-state index in [4.69, 9.17) is 0 Å². The van der Waals surface area contributed by atoms with E-state index in [1.807, 2.05) is 6.07 Å². The third-order valence-corrected chi connectivity index (χ3v) is 3.08. The molecule has 2 unspecified atom stereocenters. The molecule has 2 N–H and O–H groups in total. The normalized spacial score (nSPS) is 21.4. The minimum absolute atomic E-state index is 0.176. The Morgan fingerprint density at radius 2 is 2.06 bits per heavy atom. The average Bonchev–Trinajstić information content (AvgIpc) is 2.58. The summed E-state index contributed by atoms with van der Waals surface area (Å²) in [7, 11) is 0. The summed E-state index contributed by atoms with van der Waals surface area (Å²) in [5.74, 6) is 0. The topological polar surface area (TPSA) is 32.3 Å². The van der Waals surface area contributed by atoms with Crippen LogP contribution in [0.4, 0.5) is 5.69 Å². The molecule has 0 aliphatic carbocycles. The van der Waals surface area contributed by atoms with E-state index in [0.29, 0.717) is 0 Å². The number of aliphatic hydroxyl groups excluding tert-OH is 1. The Kier molecular flexibility index (Phi) is 2.94. The van der Waals surface area contributed by atoms with Gasteiger partial charge in [-0.1, -0.05) is 39.0 Å². The summed E-state index contributed by atoms with van der Waals surface area (Å²) in [4.78, 5) is 0. The lowest BCUT2D eigenvalue weighted by Gasteiger charge is -2.26. The molecule has 2 rings (SSSR count). The molecule has 0 saturated heterocycles. The lowest BCUT2D eigenvalue weighted by atomic mass is 9.86. The van der Waals surface area contributed by atoms with Gasteiger partial charge in [0.15, 0.2) is 0 Å². The van der Waals surface area contributed by atoms with E-state index in [0.717, 1.165) is 12.8 Å². The van der Waals surface area contributed by atoms with E-state index in [-0.39, 0.29) is 17.6 Å². The monoisotopic (exact) mass is 219 g/mol. The van der Waals surface area contributed by atoms with Gasteiger partial charge in [0, 0.05) is 5.69 Å². The van der Waals surface area contributed by atoms with E-state index in [1.54, 1.807) is 0 Å². The van der Waals surface area contributed by atoms with Gasteiger partial charge in [0.25, 0.3) is 0 Å². The van der Waals surface area contributed by atoms with Crippen molar-refractivity contribution in [2.45, 2.75) is 45.8 Å². The molecular formula is C14H21NO. The molecule has 1 heterocycles. The van der Waals surface area contributed by atoms with Crippen LogP contribution in [-0.2, 0) is 6.42 Å². The van der Waals surface area contributed by atoms with Crippen LogP contribution in [0.15, 0.2) is 24.3 Å². The van der Waals surface area contributed by atoms with Crippen LogP contribution in [-0.4, -0.2) is 17.3 Å². The van der Waals surface area contributed by atoms with Crippen LogP contribution in [0.5, 0.6) is 0 Å². The average molecular weight is 219 g/mol. The largest absolute Gasteiger partial charge is 0.391 e. The molecule has 16 heavy (non-hydrogen) atoms. The smallest absolute Gasteiger partial charge is 0.0749 e. The zero-order chi connectivity index (χ0) is 11.8. The van der Waals surface area contributed by atoms with Crippen LogP contribution in [0.1, 0.15) is 32.8 Å². The molecule has 0 aromatic heterocycles. The molecule has 1 aromatic rings. The van der Waals surface area contributed by atoms with Gasteiger partial charge in [0.1, 0.15) is 0 Å². The Balaban J connectivity index is 2.01. The molecule has 1 aliphatic rings. The zero-order valence-electron chi connectivity index (χ0n) is 10.3. The fourth-order valence-corrected chi connectivity index (χ4v) is 2.33. The van der Waals surface area contributed by atoms with Gasteiger partial charge in [-0.2, -0.15) is 0 Å². The van der Waals surface area contributed by atoms with Crippen molar-refractivity contribution in [3.8, 4) is 0 Å². The van der Waals surface area contributed by atoms with E-state index in [1.165, 1.54) is 11.3 Å². The van der Waals surface area contributed by atoms with Gasteiger partial charge >= 0.3 is 0 Å². The molecule has 88 valence electrons. The summed E-state index contributed by atoms with van der Waals surface area (Å²) in [5, 5.41) is 13.6. The van der Waals surface area contributed by atoms with Gasteiger partial charge in [-0.05, 0) is 29.9 Å². The molecule has 2 heteroatoms. The first-order chi connectivity index (χ1) is 7.46. The Morgan fingerprint density at radius 3 is 2.69 bits per heavy atom. The Morgan fingerprint density at radius 1 is 1.38 bits per heavy atom. The predicted molar refractivity (Wildman–Crippen MR) is 67.6 cm³/mol. The quantitative estimate of drug-likeness (QED) is 0.801. The van der Waals surface area contributed by atoms with Gasteiger partial charge in [-0.3, -0.25) is 0 Å². The highest BCUT2D eigenvalue weighted by atomic mass is 16.3. The molecule has 0 spiro atoms. The standard InChI is InChI=1S/C14H21NO/c1-14(2,3)9-13(16)12-8-10-6-4-5-7-11(10)15-12/h4-7,12-13,15-16H,8-9H2,1-3H3. The van der Waals surface area contributed by atoms with Crippen molar-refractivity contribution in [1.29, 1.82) is 0 Å². The van der Waals surface area contributed by atoms with Crippen LogP contribution in [0.2, 0.25) is 0 Å². The lowest BCUT2D eigenvalue weighted by Crippen LogP contribution is -2.34. The van der Waals surface area contributed by atoms with Gasteiger partial charge in [-0.15, -0.1) is 0 Å². The number of anilines is 1. The summed E-state index contributed by atoms with van der Waals surface area (Å²) < 4.78 is 0. The summed E-state index contributed by atoms with van der Waals surface area (Å²) in [6.45, 7) is 6.49. The fraction of sp³-hybridized carbons (Fsp3) is 0.571. The van der Waals surface area contributed by atoms with E-state index < -0.39 is 0 Å². The molecule has 0 amide bonds. The number of benzene rings is 1. The van der Waals surface area contributed by atoms with Crippen molar-refractivity contribution in [3.63, 3.8) is 0 Å². The van der Waals surface area contributed by atoms with Crippen molar-refractivity contribution >= 4 is 5.69 Å². The van der Waals surface area contributed by atoms with E-state index in [9.17, 15) is 5.11 Å². The second kappa shape index (κ2) is 4.10. The minimum Gasteiger partial charge on any atom is -0.391 e. The highest BCUT2D eigenvalue weighted by Crippen LogP contribution is 2.30. The Bertz CT molecular complexity index is 342. The maximum absolute atomic E-state index is 10.2. The summed E-state index contributed by atoms with van der Waals surface area (Å²) in [6, 6.07) is 8.48. The third-order valence-electron chi connectivity index (χ3n) is 3.08. The molecule has 0 saturated carbocycles. The lowest BCUT2D eigenvalue weighted by molar-refractivity contribution is 0.105. The number of rotatable bonds is 2. The van der Waals surface area contributed by atoms with Crippen LogP contribution >= 0.6 is 0 Å². The summed E-state index contributed by atoms with van der Waals surface area (Å²) in [5.41, 5.74) is 2.68. The fourth-order valence-electron chi connectivity index (χ4n) is 2.33. The first-order valence-electron chi connectivity index (χ1n) is 5.98. The van der Waals surface area contributed by atoms with E-state index in [2.05, 4.69) is 44.3 Å². The maximum Gasteiger partial charge on any atom is 0.0749 e. The zero-order valence-corrected chi connectivity index (χ0v) is 10.3. The van der Waals surface area contributed by atoms with Crippen LogP contribution in [0.3, 0.4) is 0 Å². The van der Waals surface area contributed by atoms with Gasteiger partial charge in [-0.25, -0.2) is 0 Å². The van der Waals surface area contributed by atoms with Crippen molar-refractivity contribution in [2.75, 3.05) is 5.32 Å². The molecule has 0 radical (unpaired) electrons. The second-order valence-corrected chi connectivity index (χ2v) is 5.94. The van der Waals surface area contributed by atoms with Gasteiger partial charge in [0.05, 0.1) is 12.1 Å². The molecule has 1 aromatic carbocycles. The molecule has 2 atom stereocenters. The SMILES string of the molecule is CC(C)(C)CC(O)C1Cc2ccccc2N1. The first-order valence-corrected chi connectivity index (χ1v) is 5.98. The molecule has 0 bridgehead atoms. The maximum atomic E-state index is 10.2. The van der Waals surface area contributed by atoms with Crippen molar-refractivity contribution in [1.82, 2.24) is 0 Å². The summed E-state index contributed by atoms with van der Waals surface area (Å²) >= 11 is 0. The molecule has 2 nitrogen and oxygen atoms in total. The highest BCUT2D eigenvalue weighted by Gasteiger charge is 2.29. The van der Waals surface area contributed by atoms with Crippen molar-refractivity contribution < 1.29 is 5.11 Å². The Labute approximate surface area is 97.7 Å². The van der Waals surface area contributed by atoms with Crippen LogP contribution in [0.25, 0.3) is 0 Å². The van der Waals surface area contributed by atoms with Gasteiger partial charge < -0.3 is 10.4 Å². The number of para-hydroxylation sites is 1. The van der Waals surface area contributed by atoms with Crippen LogP contribution < -0.4 is 5.32 Å². The third kappa shape index (κ3) is 2.56. The predicted octanol–water partition coefficient (Wildman–Crippen LogP) is 2.82. The number of nitrogens with one attached hydrogen (secondary N) is 1. The molecule has 1 aliphatic heterocycles. The Hall–Kier alpha value is -1.02. The van der Waals surface area contributed by atoms with Gasteiger partial charge in [0.2, 0.25) is 0 Å². The number of hydrogen-bond donors (Lipinski definition) is 2. The van der Waals surface area contributed by atoms with Crippen LogP contribution in [0, 0.1) is 5.41 Å². The number of aliphatic hydroxyl groups is 1. The van der Waals surface area contributed by atoms with E-state index >= 15 is 0 Å². The van der Waals surface area contributed by atoms with Crippen molar-refractivity contribution in [2.24, 2.45) is 5.41 Å².